The first-order valence-corrected chi connectivity index (χ1v) is 21.0. The minimum Gasteiger partial charge on any atom is -0.256 e. The molecule has 0 bridgehead atoms. The molecule has 0 aliphatic carbocycles. The fourth-order valence-corrected chi connectivity index (χ4v) is 9.30. The Balaban J connectivity index is 1.07. The molecule has 0 fully saturated rings. The molecule has 288 valence electrons. The number of hydrogen-bond donors (Lipinski definition) is 0. The van der Waals surface area contributed by atoms with E-state index in [0.717, 1.165) is 82.9 Å². The molecule has 4 heteroatoms. The fraction of sp³-hybridized carbons (Fsp3) is 0. The zero-order valence-electron chi connectivity index (χ0n) is 33.6. The number of fused-ring (bicyclic) bond motifs is 5. The summed E-state index contributed by atoms with van der Waals surface area (Å²) >= 11 is 0. The number of rotatable bonds is 6. The van der Waals surface area contributed by atoms with Crippen LogP contribution in [0.3, 0.4) is 0 Å². The fourth-order valence-electron chi connectivity index (χ4n) is 9.30. The molecule has 3 aromatic heterocycles. The number of nitrogens with zero attached hydrogens (tertiary/aromatic N) is 4. The Bertz CT molecular complexity index is 3470. The Hall–Kier alpha value is -8.34. The summed E-state index contributed by atoms with van der Waals surface area (Å²) in [5.41, 5.74) is 13.7. The molecule has 0 unspecified atom stereocenters. The maximum absolute atomic E-state index is 5.48. The van der Waals surface area contributed by atoms with Gasteiger partial charge in [-0.1, -0.05) is 176 Å². The Morgan fingerprint density at radius 2 is 0.710 bits per heavy atom. The van der Waals surface area contributed by atoms with E-state index in [9.17, 15) is 0 Å². The lowest BCUT2D eigenvalue weighted by molar-refractivity contribution is 1.19. The third-order valence-corrected chi connectivity index (χ3v) is 12.2. The number of aromatic nitrogens is 4. The van der Waals surface area contributed by atoms with Crippen LogP contribution in [-0.2, 0) is 0 Å². The van der Waals surface area contributed by atoms with Crippen LogP contribution in [-0.4, -0.2) is 19.9 Å². The molecule has 0 amide bonds. The van der Waals surface area contributed by atoms with E-state index in [1.807, 2.05) is 24.5 Å². The number of hydrogen-bond acceptors (Lipinski definition) is 4. The Morgan fingerprint density at radius 1 is 0.274 bits per heavy atom. The van der Waals surface area contributed by atoms with Crippen molar-refractivity contribution in [3.8, 4) is 67.3 Å². The number of para-hydroxylation sites is 2. The van der Waals surface area contributed by atoms with Crippen molar-refractivity contribution in [1.82, 2.24) is 19.9 Å². The molecule has 12 aromatic rings. The summed E-state index contributed by atoms with van der Waals surface area (Å²) in [6, 6.07) is 73.2. The molecule has 0 aliphatic rings. The van der Waals surface area contributed by atoms with Crippen LogP contribution >= 0.6 is 0 Å². The second-order valence-corrected chi connectivity index (χ2v) is 15.7. The molecule has 3 heterocycles. The average Bonchev–Trinajstić information content (AvgIpc) is 3.35. The lowest BCUT2D eigenvalue weighted by Crippen LogP contribution is -1.98. The van der Waals surface area contributed by atoms with E-state index in [1.165, 1.54) is 32.7 Å². The molecule has 12 rings (SSSR count). The van der Waals surface area contributed by atoms with Gasteiger partial charge in [-0.25, -0.2) is 9.97 Å². The first kappa shape index (κ1) is 35.6. The molecular formula is C58H36N4. The van der Waals surface area contributed by atoms with E-state index < -0.39 is 0 Å². The van der Waals surface area contributed by atoms with Gasteiger partial charge in [0.2, 0.25) is 0 Å². The molecule has 0 saturated carbocycles. The first-order valence-electron chi connectivity index (χ1n) is 21.0. The highest BCUT2D eigenvalue weighted by molar-refractivity contribution is 6.23. The SMILES string of the molecule is c1ccc2c(-c3c4ccccc4c(-c4cc(-c5ccc(-c6ccnc7ccccc67)cc5)nc(-c5ccc(-c6ccnc7ccccc67)cc5)n4)c4ccccc34)cccc2c1. The van der Waals surface area contributed by atoms with Crippen molar-refractivity contribution in [2.45, 2.75) is 0 Å². The zero-order valence-corrected chi connectivity index (χ0v) is 33.6. The summed E-state index contributed by atoms with van der Waals surface area (Å²) in [6.45, 7) is 0. The van der Waals surface area contributed by atoms with Gasteiger partial charge in [0.05, 0.1) is 22.4 Å². The zero-order chi connectivity index (χ0) is 41.0. The monoisotopic (exact) mass is 788 g/mol. The van der Waals surface area contributed by atoms with Crippen LogP contribution in [0, 0.1) is 0 Å². The third-order valence-electron chi connectivity index (χ3n) is 12.2. The standard InChI is InChI=1S/C58H36N4/c1-2-14-42-37(12-1)13-11-21-47(42)56-48-17-3-5-19-50(48)57(51-20-6-4-18-49(51)56)55-36-54(40-28-24-38(25-29-40)43-32-34-59-52-22-9-7-15-45(43)52)61-58(62-55)41-30-26-39(27-31-41)44-33-35-60-53-23-10-8-16-46(44)53/h1-36H. The van der Waals surface area contributed by atoms with Crippen molar-refractivity contribution in [3.05, 3.63) is 219 Å². The normalized spacial score (nSPS) is 11.5. The van der Waals surface area contributed by atoms with E-state index in [1.54, 1.807) is 0 Å². The topological polar surface area (TPSA) is 51.6 Å². The molecule has 9 aromatic carbocycles. The second kappa shape index (κ2) is 14.7. The summed E-state index contributed by atoms with van der Waals surface area (Å²) in [5, 5.41) is 9.36. The number of pyridine rings is 2. The first-order chi connectivity index (χ1) is 30.7. The highest BCUT2D eigenvalue weighted by atomic mass is 14.9. The second-order valence-electron chi connectivity index (χ2n) is 15.7. The van der Waals surface area contributed by atoms with Crippen LogP contribution in [0.1, 0.15) is 0 Å². The van der Waals surface area contributed by atoms with E-state index in [0.29, 0.717) is 5.82 Å². The average molecular weight is 789 g/mol. The van der Waals surface area contributed by atoms with Crippen LogP contribution < -0.4 is 0 Å². The van der Waals surface area contributed by atoms with Crippen molar-refractivity contribution in [2.75, 3.05) is 0 Å². The van der Waals surface area contributed by atoms with Crippen molar-refractivity contribution in [1.29, 1.82) is 0 Å². The Labute approximate surface area is 358 Å². The summed E-state index contributed by atoms with van der Waals surface area (Å²) in [5.74, 6) is 0.666. The van der Waals surface area contributed by atoms with Gasteiger partial charge in [-0.05, 0) is 96.0 Å². The quantitative estimate of drug-likeness (QED) is 0.158. The molecule has 4 nitrogen and oxygen atoms in total. The minimum atomic E-state index is 0.666. The maximum atomic E-state index is 5.48. The molecule has 0 N–H and O–H groups in total. The summed E-state index contributed by atoms with van der Waals surface area (Å²) in [6.07, 6.45) is 3.77. The van der Waals surface area contributed by atoms with Gasteiger partial charge in [-0.2, -0.15) is 0 Å². The van der Waals surface area contributed by atoms with Gasteiger partial charge in [0.25, 0.3) is 0 Å². The molecule has 0 aliphatic heterocycles. The van der Waals surface area contributed by atoms with Crippen LogP contribution in [0.4, 0.5) is 0 Å². The van der Waals surface area contributed by atoms with Gasteiger partial charge in [-0.15, -0.1) is 0 Å². The van der Waals surface area contributed by atoms with Crippen molar-refractivity contribution >= 4 is 54.1 Å². The highest BCUT2D eigenvalue weighted by Crippen LogP contribution is 2.46. The van der Waals surface area contributed by atoms with Gasteiger partial charge in [0.15, 0.2) is 5.82 Å². The van der Waals surface area contributed by atoms with Crippen molar-refractivity contribution < 1.29 is 0 Å². The minimum absolute atomic E-state index is 0.666. The van der Waals surface area contributed by atoms with Gasteiger partial charge >= 0.3 is 0 Å². The van der Waals surface area contributed by atoms with E-state index in [-0.39, 0.29) is 0 Å². The summed E-state index contributed by atoms with van der Waals surface area (Å²) in [7, 11) is 0. The maximum Gasteiger partial charge on any atom is 0.160 e. The van der Waals surface area contributed by atoms with E-state index >= 15 is 0 Å². The van der Waals surface area contributed by atoms with Gasteiger partial charge < -0.3 is 0 Å². The van der Waals surface area contributed by atoms with Crippen molar-refractivity contribution in [3.63, 3.8) is 0 Å². The van der Waals surface area contributed by atoms with Crippen LogP contribution in [0.5, 0.6) is 0 Å². The van der Waals surface area contributed by atoms with Gasteiger partial charge in [-0.3, -0.25) is 9.97 Å². The van der Waals surface area contributed by atoms with Crippen LogP contribution in [0.15, 0.2) is 219 Å². The van der Waals surface area contributed by atoms with Crippen LogP contribution in [0.25, 0.3) is 121 Å². The lowest BCUT2D eigenvalue weighted by atomic mass is 9.85. The van der Waals surface area contributed by atoms with Crippen molar-refractivity contribution in [2.24, 2.45) is 0 Å². The Morgan fingerprint density at radius 3 is 1.29 bits per heavy atom. The van der Waals surface area contributed by atoms with Gasteiger partial charge in [0, 0.05) is 39.9 Å². The molecule has 0 radical (unpaired) electrons. The van der Waals surface area contributed by atoms with E-state index in [2.05, 4.69) is 204 Å². The molecule has 0 spiro atoms. The number of benzene rings is 9. The van der Waals surface area contributed by atoms with E-state index in [4.69, 9.17) is 9.97 Å². The third kappa shape index (κ3) is 6.00. The predicted octanol–water partition coefficient (Wildman–Crippen LogP) is 15.0. The summed E-state index contributed by atoms with van der Waals surface area (Å²) in [4.78, 5) is 20.0. The Kier molecular flexibility index (Phi) is 8.46. The molecular weight excluding hydrogens is 753 g/mol. The molecule has 0 atom stereocenters. The van der Waals surface area contributed by atoms with Crippen LogP contribution in [0.2, 0.25) is 0 Å². The smallest absolute Gasteiger partial charge is 0.160 e. The summed E-state index contributed by atoms with van der Waals surface area (Å²) < 4.78 is 0. The predicted molar refractivity (Wildman–Crippen MR) is 258 cm³/mol. The largest absolute Gasteiger partial charge is 0.256 e. The van der Waals surface area contributed by atoms with Gasteiger partial charge in [0.1, 0.15) is 0 Å². The highest BCUT2D eigenvalue weighted by Gasteiger charge is 2.21. The molecule has 0 saturated heterocycles. The molecule has 62 heavy (non-hydrogen) atoms. The lowest BCUT2D eigenvalue weighted by Gasteiger charge is -2.19.